The highest BCUT2D eigenvalue weighted by molar-refractivity contribution is 5.94. The number of amides is 2. The Labute approximate surface area is 171 Å². The molecule has 0 radical (unpaired) electrons. The molecule has 2 amide bonds. The minimum atomic E-state index is -0.0551. The number of aryl methyl sites for hydroxylation is 1. The summed E-state index contributed by atoms with van der Waals surface area (Å²) >= 11 is 0. The van der Waals surface area contributed by atoms with Gasteiger partial charge in [0.25, 0.3) is 5.91 Å². The van der Waals surface area contributed by atoms with Crippen LogP contribution in [0.1, 0.15) is 35.2 Å². The number of hydrogen-bond acceptors (Lipinski definition) is 4. The number of ether oxygens (including phenoxy) is 2. The summed E-state index contributed by atoms with van der Waals surface area (Å²) in [5, 5.41) is 3.07. The lowest BCUT2D eigenvalue weighted by atomic mass is 10.0. The number of nitrogens with zero attached hydrogens (tertiary/aromatic N) is 1. The molecule has 1 heterocycles. The number of rotatable bonds is 7. The van der Waals surface area contributed by atoms with Gasteiger partial charge in [-0.05, 0) is 55.2 Å². The molecule has 1 aliphatic rings. The van der Waals surface area contributed by atoms with Gasteiger partial charge in [-0.1, -0.05) is 18.2 Å². The van der Waals surface area contributed by atoms with E-state index in [2.05, 4.69) is 5.32 Å². The van der Waals surface area contributed by atoms with Crippen LogP contribution < -0.4 is 14.8 Å². The topological polar surface area (TPSA) is 67.9 Å². The van der Waals surface area contributed by atoms with E-state index < -0.39 is 0 Å². The fraction of sp³-hybridized carbons (Fsp3) is 0.391. The molecule has 29 heavy (non-hydrogen) atoms. The normalized spacial score (nSPS) is 14.3. The van der Waals surface area contributed by atoms with E-state index in [9.17, 15) is 9.59 Å². The van der Waals surface area contributed by atoms with Crippen molar-refractivity contribution in [3.05, 3.63) is 59.7 Å². The quantitative estimate of drug-likeness (QED) is 0.781. The average molecular weight is 396 g/mol. The lowest BCUT2D eigenvalue weighted by Crippen LogP contribution is -2.46. The van der Waals surface area contributed by atoms with Gasteiger partial charge in [-0.2, -0.15) is 0 Å². The summed E-state index contributed by atoms with van der Waals surface area (Å²) in [4.78, 5) is 26.8. The van der Waals surface area contributed by atoms with Crippen molar-refractivity contribution < 1.29 is 19.1 Å². The number of likely N-dealkylation sites (tertiary alicyclic amines) is 1. The Bertz CT molecular complexity index is 830. The molecule has 0 unspecified atom stereocenters. The summed E-state index contributed by atoms with van der Waals surface area (Å²) in [6, 6.07) is 14.9. The Balaban J connectivity index is 1.47. The van der Waals surface area contributed by atoms with Gasteiger partial charge in [-0.15, -0.1) is 0 Å². The fourth-order valence-corrected chi connectivity index (χ4v) is 3.61. The molecule has 0 aliphatic carbocycles. The Kier molecular flexibility index (Phi) is 7.11. The maximum atomic E-state index is 12.6. The lowest BCUT2D eigenvalue weighted by molar-refractivity contribution is -0.132. The van der Waals surface area contributed by atoms with Gasteiger partial charge < -0.3 is 19.7 Å². The third-order valence-corrected chi connectivity index (χ3v) is 5.31. The molecule has 1 N–H and O–H groups in total. The molecule has 2 aromatic carbocycles. The van der Waals surface area contributed by atoms with Gasteiger partial charge in [0.2, 0.25) is 5.91 Å². The first-order valence-corrected chi connectivity index (χ1v) is 9.95. The Morgan fingerprint density at radius 3 is 2.41 bits per heavy atom. The zero-order valence-electron chi connectivity index (χ0n) is 17.0. The molecule has 0 saturated carbocycles. The summed E-state index contributed by atoms with van der Waals surface area (Å²) in [6.45, 7) is 1.32. The number of nitrogens with one attached hydrogen (secondary N) is 1. The van der Waals surface area contributed by atoms with E-state index in [0.717, 1.165) is 29.9 Å². The molecule has 1 aliphatic heterocycles. The van der Waals surface area contributed by atoms with Gasteiger partial charge >= 0.3 is 0 Å². The van der Waals surface area contributed by atoms with E-state index in [1.165, 1.54) is 0 Å². The molecule has 1 fully saturated rings. The van der Waals surface area contributed by atoms with Crippen LogP contribution in [0.2, 0.25) is 0 Å². The van der Waals surface area contributed by atoms with Crippen molar-refractivity contribution >= 4 is 11.8 Å². The van der Waals surface area contributed by atoms with Crippen molar-refractivity contribution in [3.8, 4) is 11.5 Å². The van der Waals surface area contributed by atoms with Crippen LogP contribution in [0.15, 0.2) is 48.5 Å². The van der Waals surface area contributed by atoms with Gasteiger partial charge in [0.15, 0.2) is 0 Å². The third-order valence-electron chi connectivity index (χ3n) is 5.31. The van der Waals surface area contributed by atoms with Crippen molar-refractivity contribution in [1.82, 2.24) is 10.2 Å². The second kappa shape index (κ2) is 9.96. The van der Waals surface area contributed by atoms with Gasteiger partial charge in [-0.3, -0.25) is 9.59 Å². The van der Waals surface area contributed by atoms with E-state index in [1.54, 1.807) is 26.4 Å². The highest BCUT2D eigenvalue weighted by atomic mass is 16.5. The first kappa shape index (κ1) is 20.7. The summed E-state index contributed by atoms with van der Waals surface area (Å²) in [5.41, 5.74) is 1.63. The predicted molar refractivity (Wildman–Crippen MR) is 111 cm³/mol. The zero-order valence-corrected chi connectivity index (χ0v) is 17.0. The van der Waals surface area contributed by atoms with E-state index in [0.29, 0.717) is 31.5 Å². The number of carbonyl (C=O) groups excluding carboxylic acids is 2. The molecular formula is C23H28N2O4. The molecule has 0 atom stereocenters. The zero-order chi connectivity index (χ0) is 20.6. The smallest absolute Gasteiger partial charge is 0.251 e. The fourth-order valence-electron chi connectivity index (χ4n) is 3.61. The molecule has 154 valence electrons. The molecule has 1 saturated heterocycles. The van der Waals surface area contributed by atoms with E-state index >= 15 is 0 Å². The van der Waals surface area contributed by atoms with Crippen LogP contribution >= 0.6 is 0 Å². The first-order valence-electron chi connectivity index (χ1n) is 9.95. The molecule has 2 aromatic rings. The van der Waals surface area contributed by atoms with E-state index in [4.69, 9.17) is 9.47 Å². The predicted octanol–water partition coefficient (Wildman–Crippen LogP) is 3.06. The van der Waals surface area contributed by atoms with E-state index in [1.807, 2.05) is 41.3 Å². The second-order valence-corrected chi connectivity index (χ2v) is 7.17. The van der Waals surface area contributed by atoms with Crippen molar-refractivity contribution in [1.29, 1.82) is 0 Å². The summed E-state index contributed by atoms with van der Waals surface area (Å²) in [5.74, 6) is 1.59. The van der Waals surface area contributed by atoms with Gasteiger partial charge in [0.05, 0.1) is 14.2 Å². The first-order chi connectivity index (χ1) is 14.1. The Morgan fingerprint density at radius 2 is 1.76 bits per heavy atom. The molecule has 0 aromatic heterocycles. The SMILES string of the molecule is COc1ccc(OC)c(CCC(=O)N2CCC(NC(=O)c3ccccc3)CC2)c1. The van der Waals surface area contributed by atoms with Crippen LogP contribution in [0.5, 0.6) is 11.5 Å². The highest BCUT2D eigenvalue weighted by Gasteiger charge is 2.24. The number of carbonyl (C=O) groups is 2. The minimum absolute atomic E-state index is 0.0551. The molecular weight excluding hydrogens is 368 g/mol. The molecule has 0 spiro atoms. The lowest BCUT2D eigenvalue weighted by Gasteiger charge is -2.32. The van der Waals surface area contributed by atoms with Crippen LogP contribution in [0.3, 0.4) is 0 Å². The van der Waals surface area contributed by atoms with Crippen LogP contribution in [-0.4, -0.2) is 50.1 Å². The largest absolute Gasteiger partial charge is 0.497 e. The minimum Gasteiger partial charge on any atom is -0.497 e. The summed E-state index contributed by atoms with van der Waals surface area (Å²) in [6.07, 6.45) is 2.56. The maximum absolute atomic E-state index is 12.6. The third kappa shape index (κ3) is 5.50. The van der Waals surface area contributed by atoms with Gasteiger partial charge in [0, 0.05) is 31.1 Å². The van der Waals surface area contributed by atoms with Gasteiger partial charge in [0.1, 0.15) is 11.5 Å². The number of methoxy groups -OCH3 is 2. The molecule has 6 nitrogen and oxygen atoms in total. The monoisotopic (exact) mass is 396 g/mol. The van der Waals surface area contributed by atoms with Crippen molar-refractivity contribution in [2.75, 3.05) is 27.3 Å². The van der Waals surface area contributed by atoms with Crippen molar-refractivity contribution in [2.45, 2.75) is 31.7 Å². The Morgan fingerprint density at radius 1 is 1.03 bits per heavy atom. The van der Waals surface area contributed by atoms with Crippen LogP contribution in [0, 0.1) is 0 Å². The summed E-state index contributed by atoms with van der Waals surface area (Å²) < 4.78 is 10.7. The molecule has 0 bridgehead atoms. The molecule has 3 rings (SSSR count). The van der Waals surface area contributed by atoms with Gasteiger partial charge in [-0.25, -0.2) is 0 Å². The molecule has 6 heteroatoms. The highest BCUT2D eigenvalue weighted by Crippen LogP contribution is 2.25. The maximum Gasteiger partial charge on any atom is 0.251 e. The van der Waals surface area contributed by atoms with Crippen molar-refractivity contribution in [2.24, 2.45) is 0 Å². The average Bonchev–Trinajstić information content (AvgIpc) is 2.78. The Hall–Kier alpha value is -3.02. The van der Waals surface area contributed by atoms with E-state index in [-0.39, 0.29) is 17.9 Å². The number of hydrogen-bond donors (Lipinski definition) is 1. The summed E-state index contributed by atoms with van der Waals surface area (Å²) in [7, 11) is 3.25. The second-order valence-electron chi connectivity index (χ2n) is 7.17. The number of piperidine rings is 1. The van der Waals surface area contributed by atoms with Crippen LogP contribution in [0.25, 0.3) is 0 Å². The standard InChI is InChI=1S/C23H28N2O4/c1-28-20-9-10-21(29-2)18(16-20)8-11-22(26)25-14-12-19(13-15-25)24-23(27)17-6-4-3-5-7-17/h3-7,9-10,16,19H,8,11-15H2,1-2H3,(H,24,27). The number of benzene rings is 2. The van der Waals surface area contributed by atoms with Crippen LogP contribution in [-0.2, 0) is 11.2 Å². The van der Waals surface area contributed by atoms with Crippen molar-refractivity contribution in [3.63, 3.8) is 0 Å². The van der Waals surface area contributed by atoms with Crippen LogP contribution in [0.4, 0.5) is 0 Å².